The number of benzene rings is 1. The highest BCUT2D eigenvalue weighted by molar-refractivity contribution is 7.71. The van der Waals surface area contributed by atoms with Crippen LogP contribution in [0.25, 0.3) is 0 Å². The molecule has 2 aromatic rings. The first kappa shape index (κ1) is 12.4. The normalized spacial score (nSPS) is 10.3. The highest BCUT2D eigenvalue weighted by atomic mass is 32.1. The number of H-pyrrole nitrogens is 1. The Morgan fingerprint density at radius 2 is 2.06 bits per heavy atom. The Bertz CT molecular complexity index is 688. The second-order valence-corrected chi connectivity index (χ2v) is 4.18. The lowest BCUT2D eigenvalue weighted by Gasteiger charge is -2.02. The molecule has 92 valence electrons. The van der Waals surface area contributed by atoms with Crippen molar-refractivity contribution < 1.29 is 4.79 Å². The maximum absolute atomic E-state index is 11.9. The number of carbonyl (C=O) groups is 1. The summed E-state index contributed by atoms with van der Waals surface area (Å²) in [5.41, 5.74) is 0.311. The van der Waals surface area contributed by atoms with Crippen molar-refractivity contribution in [1.82, 2.24) is 14.8 Å². The summed E-state index contributed by atoms with van der Waals surface area (Å²) in [5.74, 6) is -0.147. The molecule has 1 N–H and O–H groups in total. The van der Waals surface area contributed by atoms with Crippen LogP contribution in [0.2, 0.25) is 0 Å². The lowest BCUT2D eigenvalue weighted by atomic mass is 10.1. The number of rotatable bonds is 3. The number of aryl methyl sites for hydroxylation is 1. The number of ketones is 1. The van der Waals surface area contributed by atoms with Crippen molar-refractivity contribution in [1.29, 1.82) is 0 Å². The van der Waals surface area contributed by atoms with E-state index in [9.17, 15) is 9.59 Å². The van der Waals surface area contributed by atoms with Gasteiger partial charge in [0, 0.05) is 12.6 Å². The van der Waals surface area contributed by atoms with E-state index in [4.69, 9.17) is 12.2 Å². The van der Waals surface area contributed by atoms with Crippen molar-refractivity contribution in [3.05, 3.63) is 56.7 Å². The Morgan fingerprint density at radius 3 is 2.72 bits per heavy atom. The molecule has 0 spiro atoms. The van der Waals surface area contributed by atoms with Crippen LogP contribution >= 0.6 is 12.2 Å². The van der Waals surface area contributed by atoms with Crippen LogP contribution in [0.1, 0.15) is 16.1 Å². The monoisotopic (exact) mass is 261 g/mol. The van der Waals surface area contributed by atoms with Gasteiger partial charge in [-0.25, -0.2) is 4.68 Å². The average Bonchev–Trinajstić information content (AvgIpc) is 2.37. The molecule has 0 unspecified atom stereocenters. The van der Waals surface area contributed by atoms with Crippen LogP contribution in [-0.4, -0.2) is 20.5 Å². The minimum absolute atomic E-state index is 0.0389. The summed E-state index contributed by atoms with van der Waals surface area (Å²) in [6.07, 6.45) is -0.0389. The molecular formula is C12H11N3O2S. The molecule has 0 amide bonds. The number of aromatic nitrogens is 3. The summed E-state index contributed by atoms with van der Waals surface area (Å²) in [6, 6.07) is 8.79. The third kappa shape index (κ3) is 2.60. The second kappa shape index (κ2) is 5.05. The van der Waals surface area contributed by atoms with Crippen molar-refractivity contribution in [2.24, 2.45) is 7.05 Å². The van der Waals surface area contributed by atoms with E-state index in [0.717, 1.165) is 0 Å². The molecular weight excluding hydrogens is 250 g/mol. The molecule has 1 aromatic carbocycles. The van der Waals surface area contributed by atoms with Gasteiger partial charge in [-0.3, -0.25) is 14.6 Å². The first-order valence-corrected chi connectivity index (χ1v) is 5.73. The molecule has 0 fully saturated rings. The number of hydrogen-bond donors (Lipinski definition) is 1. The third-order valence-electron chi connectivity index (χ3n) is 2.47. The lowest BCUT2D eigenvalue weighted by Crippen LogP contribution is -2.23. The molecule has 0 saturated heterocycles. The van der Waals surface area contributed by atoms with E-state index in [1.165, 1.54) is 4.68 Å². The highest BCUT2D eigenvalue weighted by Crippen LogP contribution is 2.02. The summed E-state index contributed by atoms with van der Waals surface area (Å²) < 4.78 is 1.60. The molecule has 0 aliphatic rings. The zero-order valence-electron chi connectivity index (χ0n) is 9.71. The lowest BCUT2D eigenvalue weighted by molar-refractivity contribution is 0.0991. The maximum atomic E-state index is 11.9. The van der Waals surface area contributed by atoms with E-state index in [0.29, 0.717) is 5.56 Å². The van der Waals surface area contributed by atoms with Crippen LogP contribution in [-0.2, 0) is 13.5 Å². The van der Waals surface area contributed by atoms with Gasteiger partial charge >= 0.3 is 0 Å². The molecule has 1 heterocycles. The predicted octanol–water partition coefficient (Wildman–Crippen LogP) is 1.26. The summed E-state index contributed by atoms with van der Waals surface area (Å²) >= 11 is 4.87. The third-order valence-corrected chi connectivity index (χ3v) is 2.84. The van der Waals surface area contributed by atoms with Gasteiger partial charge in [0.2, 0.25) is 0 Å². The molecule has 0 bridgehead atoms. The molecule has 0 aliphatic heterocycles. The Hall–Kier alpha value is -2.08. The van der Waals surface area contributed by atoms with Gasteiger partial charge in [-0.15, -0.1) is 0 Å². The van der Waals surface area contributed by atoms with E-state index in [-0.39, 0.29) is 22.7 Å². The Labute approximate surface area is 108 Å². The van der Waals surface area contributed by atoms with Gasteiger partial charge in [0.1, 0.15) is 5.69 Å². The largest absolute Gasteiger partial charge is 0.296 e. The molecule has 5 nitrogen and oxygen atoms in total. The van der Waals surface area contributed by atoms with Crippen molar-refractivity contribution in [2.45, 2.75) is 6.42 Å². The van der Waals surface area contributed by atoms with Crippen LogP contribution in [0.15, 0.2) is 35.1 Å². The fraction of sp³-hybridized carbons (Fsp3) is 0.167. The average molecular weight is 261 g/mol. The molecule has 18 heavy (non-hydrogen) atoms. The number of aromatic amines is 1. The van der Waals surface area contributed by atoms with Gasteiger partial charge in [0.15, 0.2) is 10.6 Å². The Balaban J connectivity index is 2.31. The van der Waals surface area contributed by atoms with Gasteiger partial charge in [0.05, 0.1) is 6.42 Å². The van der Waals surface area contributed by atoms with Crippen LogP contribution in [0.5, 0.6) is 0 Å². The van der Waals surface area contributed by atoms with E-state index < -0.39 is 5.56 Å². The van der Waals surface area contributed by atoms with Crippen LogP contribution in [0, 0.1) is 4.77 Å². The molecule has 0 aliphatic carbocycles. The summed E-state index contributed by atoms with van der Waals surface area (Å²) in [6.45, 7) is 0. The number of nitrogens with one attached hydrogen (secondary N) is 1. The molecule has 6 heteroatoms. The van der Waals surface area contributed by atoms with Gasteiger partial charge in [-0.05, 0) is 12.2 Å². The fourth-order valence-electron chi connectivity index (χ4n) is 1.52. The quantitative estimate of drug-likeness (QED) is 0.667. The summed E-state index contributed by atoms with van der Waals surface area (Å²) in [4.78, 5) is 26.0. The number of Topliss-reactive ketones (excluding diaryl/α,β-unsaturated/α-hetero) is 1. The van der Waals surface area contributed by atoms with Gasteiger partial charge in [-0.2, -0.15) is 5.10 Å². The molecule has 0 saturated carbocycles. The SMILES string of the molecule is Cn1nc(CC(=O)c2ccccc2)c(=O)[nH]c1=S. The summed E-state index contributed by atoms with van der Waals surface area (Å²) in [5, 5.41) is 3.99. The van der Waals surface area contributed by atoms with Gasteiger partial charge in [0.25, 0.3) is 5.56 Å². The minimum Gasteiger partial charge on any atom is -0.296 e. The smallest absolute Gasteiger partial charge is 0.274 e. The number of carbonyl (C=O) groups excluding carboxylic acids is 1. The van der Waals surface area contributed by atoms with Crippen molar-refractivity contribution in [3.8, 4) is 0 Å². The molecule has 0 atom stereocenters. The first-order valence-electron chi connectivity index (χ1n) is 5.32. The van der Waals surface area contributed by atoms with E-state index in [2.05, 4.69) is 10.1 Å². The standard InChI is InChI=1S/C12H11N3O2S/c1-15-12(18)13-11(17)9(14-15)7-10(16)8-5-3-2-4-6-8/h2-6H,7H2,1H3,(H,13,17,18). The van der Waals surface area contributed by atoms with Crippen LogP contribution in [0.4, 0.5) is 0 Å². The fourth-order valence-corrected chi connectivity index (χ4v) is 1.65. The number of nitrogens with zero attached hydrogens (tertiary/aromatic N) is 2. The predicted molar refractivity (Wildman–Crippen MR) is 69.1 cm³/mol. The maximum Gasteiger partial charge on any atom is 0.274 e. The Morgan fingerprint density at radius 1 is 1.39 bits per heavy atom. The van der Waals surface area contributed by atoms with E-state index in [1.807, 2.05) is 6.07 Å². The zero-order chi connectivity index (χ0) is 13.1. The minimum atomic E-state index is -0.414. The van der Waals surface area contributed by atoms with E-state index in [1.54, 1.807) is 31.3 Å². The molecule has 0 radical (unpaired) electrons. The zero-order valence-corrected chi connectivity index (χ0v) is 10.5. The van der Waals surface area contributed by atoms with Gasteiger partial charge in [-0.1, -0.05) is 30.3 Å². The number of hydrogen-bond acceptors (Lipinski definition) is 4. The van der Waals surface area contributed by atoms with Crippen molar-refractivity contribution in [3.63, 3.8) is 0 Å². The molecule has 2 rings (SSSR count). The van der Waals surface area contributed by atoms with Crippen LogP contribution in [0.3, 0.4) is 0 Å². The Kier molecular flexibility index (Phi) is 3.47. The van der Waals surface area contributed by atoms with Crippen LogP contribution < -0.4 is 5.56 Å². The van der Waals surface area contributed by atoms with Gasteiger partial charge < -0.3 is 0 Å². The van der Waals surface area contributed by atoms with Crippen molar-refractivity contribution in [2.75, 3.05) is 0 Å². The topological polar surface area (TPSA) is 67.8 Å². The summed E-state index contributed by atoms with van der Waals surface area (Å²) in [7, 11) is 1.62. The second-order valence-electron chi connectivity index (χ2n) is 3.80. The van der Waals surface area contributed by atoms with E-state index >= 15 is 0 Å². The van der Waals surface area contributed by atoms with Crippen molar-refractivity contribution >= 4 is 18.0 Å². The highest BCUT2D eigenvalue weighted by Gasteiger charge is 2.11. The molecule has 1 aromatic heterocycles. The first-order chi connectivity index (χ1) is 8.58.